The summed E-state index contributed by atoms with van der Waals surface area (Å²) >= 11 is 1.63. The van der Waals surface area contributed by atoms with E-state index in [4.69, 9.17) is 0 Å². The van der Waals surface area contributed by atoms with Crippen molar-refractivity contribution in [3.05, 3.63) is 35.5 Å². The van der Waals surface area contributed by atoms with E-state index in [9.17, 15) is 5.11 Å². The van der Waals surface area contributed by atoms with Crippen LogP contribution in [0.3, 0.4) is 0 Å². The molecular weight excluding hydrogens is 270 g/mol. The van der Waals surface area contributed by atoms with Gasteiger partial charge in [0.15, 0.2) is 0 Å². The number of thiazole rings is 1. The average molecular weight is 287 g/mol. The van der Waals surface area contributed by atoms with Crippen molar-refractivity contribution in [1.82, 2.24) is 14.9 Å². The van der Waals surface area contributed by atoms with Gasteiger partial charge in [-0.05, 0) is 30.9 Å². The molecule has 2 aromatic rings. The average Bonchev–Trinajstić information content (AvgIpc) is 3.19. The number of rotatable bonds is 4. The normalized spacial score (nSPS) is 21.6. The van der Waals surface area contributed by atoms with E-state index in [0.717, 1.165) is 36.0 Å². The molecule has 4 rings (SSSR count). The molecule has 1 saturated carbocycles. The van der Waals surface area contributed by atoms with E-state index in [1.54, 1.807) is 17.5 Å². The van der Waals surface area contributed by atoms with E-state index in [2.05, 4.69) is 20.2 Å². The molecule has 0 radical (unpaired) electrons. The SMILES string of the molecule is OC1(C2CC2)CN(Cc2csc(-c3ccccn3)n2)C1. The summed E-state index contributed by atoms with van der Waals surface area (Å²) < 4.78 is 0. The lowest BCUT2D eigenvalue weighted by molar-refractivity contribution is -0.116. The number of β-amino-alcohol motifs (C(OH)–C–C–N with tert-alkyl or cyclic N) is 1. The molecular formula is C15H17N3OS. The van der Waals surface area contributed by atoms with E-state index < -0.39 is 5.60 Å². The minimum absolute atomic E-state index is 0.403. The Bertz CT molecular complexity index is 603. The van der Waals surface area contributed by atoms with Crippen LogP contribution < -0.4 is 0 Å². The molecule has 1 aliphatic carbocycles. The molecule has 0 spiro atoms. The number of hydrogen-bond acceptors (Lipinski definition) is 5. The van der Waals surface area contributed by atoms with E-state index >= 15 is 0 Å². The fourth-order valence-corrected chi connectivity index (χ4v) is 3.72. The van der Waals surface area contributed by atoms with Crippen molar-refractivity contribution >= 4 is 11.3 Å². The summed E-state index contributed by atoms with van der Waals surface area (Å²) in [5.41, 5.74) is 1.61. The Hall–Kier alpha value is -1.30. The van der Waals surface area contributed by atoms with Crippen molar-refractivity contribution in [2.24, 2.45) is 5.92 Å². The standard InChI is InChI=1S/C15H17N3OS/c19-15(11-4-5-11)9-18(10-15)7-12-8-20-14(17-12)13-3-1-2-6-16-13/h1-3,6,8,11,19H,4-5,7,9-10H2. The van der Waals surface area contributed by atoms with Crippen LogP contribution in [0.4, 0.5) is 0 Å². The Labute approximate surface area is 122 Å². The number of aromatic nitrogens is 2. The summed E-state index contributed by atoms with van der Waals surface area (Å²) in [6, 6.07) is 5.88. The van der Waals surface area contributed by atoms with Crippen LogP contribution in [0.25, 0.3) is 10.7 Å². The Morgan fingerprint density at radius 1 is 1.35 bits per heavy atom. The summed E-state index contributed by atoms with van der Waals surface area (Å²) in [6.07, 6.45) is 4.19. The lowest BCUT2D eigenvalue weighted by atomic mass is 9.89. The largest absolute Gasteiger partial charge is 0.387 e. The topological polar surface area (TPSA) is 49.2 Å². The summed E-state index contributed by atoms with van der Waals surface area (Å²) in [6.45, 7) is 2.43. The molecule has 0 aromatic carbocycles. The lowest BCUT2D eigenvalue weighted by Crippen LogP contribution is -2.62. The molecule has 104 valence electrons. The molecule has 0 unspecified atom stereocenters. The van der Waals surface area contributed by atoms with Crippen molar-refractivity contribution < 1.29 is 5.11 Å². The summed E-state index contributed by atoms with van der Waals surface area (Å²) in [4.78, 5) is 11.2. The third kappa shape index (κ3) is 2.26. The van der Waals surface area contributed by atoms with Crippen molar-refractivity contribution in [1.29, 1.82) is 0 Å². The molecule has 1 N–H and O–H groups in total. The van der Waals surface area contributed by atoms with E-state index in [-0.39, 0.29) is 0 Å². The van der Waals surface area contributed by atoms with E-state index in [1.165, 1.54) is 12.8 Å². The van der Waals surface area contributed by atoms with E-state index in [1.807, 2.05) is 18.2 Å². The second kappa shape index (κ2) is 4.62. The van der Waals surface area contributed by atoms with Gasteiger partial charge in [-0.3, -0.25) is 9.88 Å². The molecule has 5 heteroatoms. The molecule has 1 saturated heterocycles. The highest BCUT2D eigenvalue weighted by atomic mass is 32.1. The number of likely N-dealkylation sites (tertiary alicyclic amines) is 1. The summed E-state index contributed by atoms with van der Waals surface area (Å²) in [5, 5.41) is 13.4. The van der Waals surface area contributed by atoms with Gasteiger partial charge < -0.3 is 5.11 Å². The van der Waals surface area contributed by atoms with Crippen molar-refractivity contribution in [3.8, 4) is 10.7 Å². The minimum Gasteiger partial charge on any atom is -0.387 e. The summed E-state index contributed by atoms with van der Waals surface area (Å²) in [7, 11) is 0. The third-order valence-electron chi connectivity index (χ3n) is 4.15. The van der Waals surface area contributed by atoms with E-state index in [0.29, 0.717) is 5.92 Å². The number of nitrogens with zero attached hydrogens (tertiary/aromatic N) is 3. The van der Waals surface area contributed by atoms with Crippen LogP contribution in [0.5, 0.6) is 0 Å². The second-order valence-electron chi connectivity index (χ2n) is 5.88. The van der Waals surface area contributed by atoms with Gasteiger partial charge in [-0.15, -0.1) is 11.3 Å². The van der Waals surface area contributed by atoms with Gasteiger partial charge in [0.2, 0.25) is 0 Å². The first-order chi connectivity index (χ1) is 9.73. The van der Waals surface area contributed by atoms with Crippen LogP contribution in [0.15, 0.2) is 29.8 Å². The smallest absolute Gasteiger partial charge is 0.142 e. The first-order valence-electron chi connectivity index (χ1n) is 7.03. The molecule has 0 atom stereocenters. The van der Waals surface area contributed by atoms with Crippen LogP contribution in [0, 0.1) is 5.92 Å². The Morgan fingerprint density at radius 2 is 2.20 bits per heavy atom. The fourth-order valence-electron chi connectivity index (χ4n) is 2.93. The third-order valence-corrected chi connectivity index (χ3v) is 5.07. The van der Waals surface area contributed by atoms with Crippen LogP contribution >= 0.6 is 11.3 Å². The van der Waals surface area contributed by atoms with Crippen LogP contribution in [0.2, 0.25) is 0 Å². The minimum atomic E-state index is -0.403. The predicted octanol–water partition coefficient (Wildman–Crippen LogP) is 2.16. The molecule has 4 nitrogen and oxygen atoms in total. The van der Waals surface area contributed by atoms with Crippen molar-refractivity contribution in [2.75, 3.05) is 13.1 Å². The van der Waals surface area contributed by atoms with Gasteiger partial charge in [0.1, 0.15) is 5.01 Å². The monoisotopic (exact) mass is 287 g/mol. The zero-order valence-electron chi connectivity index (χ0n) is 11.2. The molecule has 3 heterocycles. The molecule has 0 bridgehead atoms. The molecule has 2 aromatic heterocycles. The van der Waals surface area contributed by atoms with Gasteiger partial charge in [0.05, 0.1) is 17.0 Å². The quantitative estimate of drug-likeness (QED) is 0.936. The lowest BCUT2D eigenvalue weighted by Gasteiger charge is -2.46. The maximum atomic E-state index is 10.3. The highest BCUT2D eigenvalue weighted by molar-refractivity contribution is 7.13. The maximum Gasteiger partial charge on any atom is 0.142 e. The highest BCUT2D eigenvalue weighted by Gasteiger charge is 2.51. The maximum absolute atomic E-state index is 10.3. The number of hydrogen-bond donors (Lipinski definition) is 1. The Morgan fingerprint density at radius 3 is 2.90 bits per heavy atom. The molecule has 2 aliphatic rings. The van der Waals surface area contributed by atoms with Gasteiger partial charge >= 0.3 is 0 Å². The molecule has 2 fully saturated rings. The molecule has 0 amide bonds. The van der Waals surface area contributed by atoms with Gasteiger partial charge in [-0.1, -0.05) is 6.07 Å². The highest BCUT2D eigenvalue weighted by Crippen LogP contribution is 2.44. The van der Waals surface area contributed by atoms with Gasteiger partial charge in [-0.2, -0.15) is 0 Å². The fraction of sp³-hybridized carbons (Fsp3) is 0.467. The van der Waals surface area contributed by atoms with Crippen molar-refractivity contribution in [2.45, 2.75) is 25.0 Å². The van der Waals surface area contributed by atoms with Gasteiger partial charge in [0, 0.05) is 31.2 Å². The Kier molecular flexibility index (Phi) is 2.87. The first-order valence-corrected chi connectivity index (χ1v) is 7.91. The molecule has 20 heavy (non-hydrogen) atoms. The van der Waals surface area contributed by atoms with Gasteiger partial charge in [0.25, 0.3) is 0 Å². The van der Waals surface area contributed by atoms with Crippen LogP contribution in [-0.2, 0) is 6.54 Å². The van der Waals surface area contributed by atoms with Crippen molar-refractivity contribution in [3.63, 3.8) is 0 Å². The second-order valence-corrected chi connectivity index (χ2v) is 6.74. The number of pyridine rings is 1. The zero-order valence-corrected chi connectivity index (χ0v) is 12.0. The predicted molar refractivity (Wildman–Crippen MR) is 78.3 cm³/mol. The van der Waals surface area contributed by atoms with Crippen LogP contribution in [0.1, 0.15) is 18.5 Å². The Balaban J connectivity index is 1.40. The molecule has 1 aliphatic heterocycles. The number of aliphatic hydroxyl groups is 1. The van der Waals surface area contributed by atoms with Gasteiger partial charge in [-0.25, -0.2) is 4.98 Å². The zero-order chi connectivity index (χ0) is 13.6. The summed E-state index contributed by atoms with van der Waals surface area (Å²) in [5.74, 6) is 0.554. The van der Waals surface area contributed by atoms with Crippen LogP contribution in [-0.4, -0.2) is 38.7 Å². The first kappa shape index (κ1) is 12.4.